The van der Waals surface area contributed by atoms with E-state index in [9.17, 15) is 4.79 Å². The quantitative estimate of drug-likeness (QED) is 0.892. The van der Waals surface area contributed by atoms with Gasteiger partial charge in [-0.05, 0) is 38.5 Å². The van der Waals surface area contributed by atoms with Crippen LogP contribution < -0.4 is 20.9 Å². The maximum atomic E-state index is 11.9. The SMILES string of the molecule is CC1=c2ccccc2=N/C1=C/c1c(OC(C)C)[nH][nH]c1=O. The van der Waals surface area contributed by atoms with Crippen LogP contribution in [0.3, 0.4) is 0 Å². The van der Waals surface area contributed by atoms with E-state index in [0.717, 1.165) is 21.8 Å². The summed E-state index contributed by atoms with van der Waals surface area (Å²) in [6.07, 6.45) is 1.75. The number of hydrogen-bond donors (Lipinski definition) is 2. The van der Waals surface area contributed by atoms with E-state index in [0.29, 0.717) is 11.4 Å². The molecule has 0 atom stereocenters. The second-order valence-corrected chi connectivity index (χ2v) is 5.27. The summed E-state index contributed by atoms with van der Waals surface area (Å²) in [4.78, 5) is 16.5. The number of nitrogens with one attached hydrogen (secondary N) is 2. The second kappa shape index (κ2) is 5.09. The van der Waals surface area contributed by atoms with E-state index in [2.05, 4.69) is 15.2 Å². The number of ether oxygens (including phenoxy) is 1. The summed E-state index contributed by atoms with van der Waals surface area (Å²) >= 11 is 0. The molecule has 0 fully saturated rings. The number of rotatable bonds is 3. The molecule has 0 bridgehead atoms. The molecule has 0 saturated heterocycles. The molecule has 0 unspecified atom stereocenters. The van der Waals surface area contributed by atoms with Crippen LogP contribution in [0.15, 0.2) is 39.7 Å². The lowest BCUT2D eigenvalue weighted by Crippen LogP contribution is -2.21. The van der Waals surface area contributed by atoms with Gasteiger partial charge in [-0.25, -0.2) is 4.99 Å². The number of hydrogen-bond acceptors (Lipinski definition) is 3. The first-order valence-electron chi connectivity index (χ1n) is 6.90. The normalized spacial score (nSPS) is 15.4. The van der Waals surface area contributed by atoms with Crippen molar-refractivity contribution in [3.63, 3.8) is 0 Å². The van der Waals surface area contributed by atoms with Crippen LogP contribution in [0.1, 0.15) is 26.3 Å². The smallest absolute Gasteiger partial charge is 0.275 e. The Morgan fingerprint density at radius 2 is 2.00 bits per heavy atom. The number of allylic oxidation sites excluding steroid dienone is 1. The van der Waals surface area contributed by atoms with Gasteiger partial charge >= 0.3 is 0 Å². The molecule has 1 aromatic carbocycles. The summed E-state index contributed by atoms with van der Waals surface area (Å²) in [5.74, 6) is 0.446. The Kier molecular flexibility index (Phi) is 3.25. The lowest BCUT2D eigenvalue weighted by atomic mass is 10.1. The van der Waals surface area contributed by atoms with Crippen LogP contribution in [0.25, 0.3) is 11.6 Å². The molecule has 0 saturated carbocycles. The fourth-order valence-electron chi connectivity index (χ4n) is 2.33. The van der Waals surface area contributed by atoms with Gasteiger partial charge in [0.1, 0.15) is 5.56 Å². The minimum Gasteiger partial charge on any atom is -0.475 e. The predicted molar refractivity (Wildman–Crippen MR) is 81.5 cm³/mol. The molecule has 1 aromatic heterocycles. The molecule has 3 rings (SSSR count). The highest BCUT2D eigenvalue weighted by molar-refractivity contribution is 5.74. The van der Waals surface area contributed by atoms with Crippen molar-refractivity contribution in [1.29, 1.82) is 0 Å². The largest absolute Gasteiger partial charge is 0.475 e. The van der Waals surface area contributed by atoms with Crippen LogP contribution in [0, 0.1) is 0 Å². The standard InChI is InChI=1S/C16H17N3O2/c1-9(2)21-16-12(15(20)18-19-16)8-14-10(3)11-6-4-5-7-13(11)17-14/h4-9H,1-3H3,(H2,18,19,20)/b14-8+. The third kappa shape index (κ3) is 2.42. The predicted octanol–water partition coefficient (Wildman–Crippen LogP) is 1.34. The molecule has 2 aromatic rings. The van der Waals surface area contributed by atoms with Gasteiger partial charge in [0.2, 0.25) is 5.88 Å². The summed E-state index contributed by atoms with van der Waals surface area (Å²) in [7, 11) is 0. The zero-order valence-electron chi connectivity index (χ0n) is 12.2. The van der Waals surface area contributed by atoms with Gasteiger partial charge in [0.25, 0.3) is 5.56 Å². The fraction of sp³-hybridized carbons (Fsp3) is 0.250. The van der Waals surface area contributed by atoms with E-state index in [1.54, 1.807) is 6.08 Å². The van der Waals surface area contributed by atoms with Crippen LogP contribution in [0.4, 0.5) is 0 Å². The summed E-state index contributed by atoms with van der Waals surface area (Å²) < 4.78 is 5.61. The topological polar surface area (TPSA) is 70.2 Å². The molecular weight excluding hydrogens is 266 g/mol. The molecule has 0 spiro atoms. The Labute approximate surface area is 121 Å². The van der Waals surface area contributed by atoms with Crippen LogP contribution in [-0.2, 0) is 0 Å². The Hall–Kier alpha value is -2.56. The summed E-state index contributed by atoms with van der Waals surface area (Å²) in [6, 6.07) is 7.93. The first-order valence-corrected chi connectivity index (χ1v) is 6.90. The lowest BCUT2D eigenvalue weighted by Gasteiger charge is -2.07. The Morgan fingerprint density at radius 1 is 1.24 bits per heavy atom. The molecular formula is C16H17N3O2. The van der Waals surface area contributed by atoms with Crippen molar-refractivity contribution in [3.8, 4) is 5.88 Å². The van der Waals surface area contributed by atoms with Gasteiger partial charge in [-0.2, -0.15) is 0 Å². The monoisotopic (exact) mass is 283 g/mol. The summed E-state index contributed by atoms with van der Waals surface area (Å²) in [5, 5.41) is 7.34. The molecule has 5 nitrogen and oxygen atoms in total. The highest BCUT2D eigenvalue weighted by Crippen LogP contribution is 2.20. The van der Waals surface area contributed by atoms with Crippen molar-refractivity contribution in [1.82, 2.24) is 10.2 Å². The number of nitrogens with zero attached hydrogens (tertiary/aromatic N) is 1. The molecule has 0 amide bonds. The summed E-state index contributed by atoms with van der Waals surface area (Å²) in [5.41, 5.74) is 2.10. The van der Waals surface area contributed by atoms with Crippen molar-refractivity contribution in [3.05, 3.63) is 56.5 Å². The average molecular weight is 283 g/mol. The number of aromatic amines is 2. The molecule has 2 N–H and O–H groups in total. The highest BCUT2D eigenvalue weighted by Gasteiger charge is 2.14. The van der Waals surface area contributed by atoms with Gasteiger partial charge in [0.15, 0.2) is 0 Å². The molecule has 2 heterocycles. The van der Waals surface area contributed by atoms with Gasteiger partial charge < -0.3 is 4.74 Å². The molecule has 21 heavy (non-hydrogen) atoms. The first kappa shape index (κ1) is 13.4. The van der Waals surface area contributed by atoms with Crippen LogP contribution >= 0.6 is 0 Å². The van der Waals surface area contributed by atoms with Crippen molar-refractivity contribution in [2.24, 2.45) is 4.99 Å². The van der Waals surface area contributed by atoms with Gasteiger partial charge in [0, 0.05) is 5.22 Å². The Bertz CT molecular complexity index is 885. The van der Waals surface area contributed by atoms with Crippen molar-refractivity contribution >= 4 is 11.6 Å². The molecule has 1 aliphatic heterocycles. The van der Waals surface area contributed by atoms with Crippen LogP contribution in [0.5, 0.6) is 5.88 Å². The highest BCUT2D eigenvalue weighted by atomic mass is 16.5. The minimum atomic E-state index is -0.211. The van der Waals surface area contributed by atoms with Gasteiger partial charge in [-0.3, -0.25) is 15.0 Å². The third-order valence-corrected chi connectivity index (χ3v) is 3.35. The van der Waals surface area contributed by atoms with E-state index in [-0.39, 0.29) is 11.7 Å². The Morgan fingerprint density at radius 3 is 2.71 bits per heavy atom. The van der Waals surface area contributed by atoms with Crippen molar-refractivity contribution in [2.45, 2.75) is 26.9 Å². The van der Waals surface area contributed by atoms with Gasteiger partial charge in [-0.15, -0.1) is 0 Å². The maximum Gasteiger partial charge on any atom is 0.275 e. The fourth-order valence-corrected chi connectivity index (χ4v) is 2.33. The summed E-state index contributed by atoms with van der Waals surface area (Å²) in [6.45, 7) is 5.83. The zero-order chi connectivity index (χ0) is 15.0. The van der Waals surface area contributed by atoms with Crippen LogP contribution in [-0.4, -0.2) is 16.3 Å². The molecule has 0 aliphatic carbocycles. The number of fused-ring (bicyclic) bond motifs is 1. The van der Waals surface area contributed by atoms with E-state index >= 15 is 0 Å². The number of H-pyrrole nitrogens is 2. The minimum absolute atomic E-state index is 0.0172. The number of para-hydroxylation sites is 1. The first-order chi connectivity index (χ1) is 10.1. The molecule has 0 radical (unpaired) electrons. The van der Waals surface area contributed by atoms with Gasteiger partial charge in [-0.1, -0.05) is 18.2 Å². The maximum absolute atomic E-state index is 11.9. The van der Waals surface area contributed by atoms with E-state index in [4.69, 9.17) is 4.74 Å². The van der Waals surface area contributed by atoms with Gasteiger partial charge in [0.05, 0.1) is 17.2 Å². The molecule has 108 valence electrons. The Balaban J connectivity index is 2.11. The third-order valence-electron chi connectivity index (χ3n) is 3.35. The average Bonchev–Trinajstić information content (AvgIpc) is 2.94. The number of benzene rings is 1. The zero-order valence-corrected chi connectivity index (χ0v) is 12.2. The van der Waals surface area contributed by atoms with Crippen molar-refractivity contribution in [2.75, 3.05) is 0 Å². The molecule has 5 heteroatoms. The second-order valence-electron chi connectivity index (χ2n) is 5.27. The number of aromatic nitrogens is 2. The van der Waals surface area contributed by atoms with E-state index < -0.39 is 0 Å². The van der Waals surface area contributed by atoms with Crippen LogP contribution in [0.2, 0.25) is 0 Å². The lowest BCUT2D eigenvalue weighted by molar-refractivity contribution is 0.232. The van der Waals surface area contributed by atoms with E-state index in [1.165, 1.54) is 0 Å². The van der Waals surface area contributed by atoms with E-state index in [1.807, 2.05) is 45.0 Å². The molecule has 1 aliphatic rings. The van der Waals surface area contributed by atoms with Crippen molar-refractivity contribution < 1.29 is 4.74 Å².